The van der Waals surface area contributed by atoms with Crippen molar-refractivity contribution in [3.63, 3.8) is 0 Å². The van der Waals surface area contributed by atoms with Gasteiger partial charge < -0.3 is 9.47 Å². The maximum Gasteiger partial charge on any atom is 0.419 e. The van der Waals surface area contributed by atoms with Gasteiger partial charge >= 0.3 is 12.1 Å². The molecule has 0 radical (unpaired) electrons. The fourth-order valence-electron chi connectivity index (χ4n) is 4.72. The minimum absolute atomic E-state index is 0.143. The predicted octanol–water partition coefficient (Wildman–Crippen LogP) is 7.42. The van der Waals surface area contributed by atoms with Crippen LogP contribution in [0, 0.1) is 6.92 Å². The molecule has 6 heteroatoms. The van der Waals surface area contributed by atoms with Crippen LogP contribution in [0.5, 0.6) is 0 Å². The highest BCUT2D eigenvalue weighted by molar-refractivity contribution is 6.09. The molecule has 0 amide bonds. The van der Waals surface area contributed by atoms with Gasteiger partial charge in [-0.15, -0.1) is 0 Å². The molecule has 1 aliphatic carbocycles. The molecule has 1 aliphatic rings. The lowest BCUT2D eigenvalue weighted by molar-refractivity contribution is 0.0473. The minimum Gasteiger partial charge on any atom is -0.457 e. The molecule has 0 N–H and O–H groups in total. The largest absolute Gasteiger partial charge is 0.457 e. The molecule has 4 aromatic rings. The smallest absolute Gasteiger partial charge is 0.419 e. The molecule has 2 aromatic heterocycles. The van der Waals surface area contributed by atoms with Gasteiger partial charge in [-0.05, 0) is 69.9 Å². The summed E-state index contributed by atoms with van der Waals surface area (Å²) in [6.45, 7) is 7.35. The van der Waals surface area contributed by atoms with Crippen LogP contribution in [0.1, 0.15) is 73.3 Å². The van der Waals surface area contributed by atoms with E-state index in [9.17, 15) is 9.59 Å². The van der Waals surface area contributed by atoms with Gasteiger partial charge in [0.15, 0.2) is 0 Å². The first-order valence-electron chi connectivity index (χ1n) is 12.8. The van der Waals surface area contributed by atoms with Crippen LogP contribution >= 0.6 is 0 Å². The molecule has 190 valence electrons. The fraction of sp³-hybridized carbons (Fsp3) is 0.323. The number of rotatable bonds is 5. The monoisotopic (exact) mass is 496 g/mol. The molecule has 0 spiro atoms. The van der Waals surface area contributed by atoms with E-state index >= 15 is 0 Å². The Labute approximate surface area is 217 Å². The van der Waals surface area contributed by atoms with Crippen LogP contribution in [0.4, 0.5) is 4.79 Å². The van der Waals surface area contributed by atoms with E-state index in [1.165, 1.54) is 23.8 Å². The Kier molecular flexibility index (Phi) is 6.59. The average Bonchev–Trinajstić information content (AvgIpc) is 3.12. The normalized spacial score (nSPS) is 13.8. The Hall–Kier alpha value is -3.93. The van der Waals surface area contributed by atoms with Crippen LogP contribution in [0.3, 0.4) is 0 Å². The van der Waals surface area contributed by atoms with Crippen molar-refractivity contribution in [2.24, 2.45) is 0 Å². The van der Waals surface area contributed by atoms with E-state index in [0.717, 1.165) is 22.4 Å². The number of fused-ring (bicyclic) bond motifs is 1. The first-order chi connectivity index (χ1) is 17.7. The van der Waals surface area contributed by atoms with Crippen molar-refractivity contribution >= 4 is 23.0 Å². The number of pyridine rings is 1. The van der Waals surface area contributed by atoms with Crippen LogP contribution in [0.25, 0.3) is 22.0 Å². The number of nitrogens with zero attached hydrogens (tertiary/aromatic N) is 2. The van der Waals surface area contributed by atoms with Crippen molar-refractivity contribution in [2.45, 2.75) is 65.1 Å². The van der Waals surface area contributed by atoms with Crippen LogP contribution in [-0.2, 0) is 16.1 Å². The third-order valence-electron chi connectivity index (χ3n) is 6.84. The van der Waals surface area contributed by atoms with Gasteiger partial charge in [-0.1, -0.05) is 48.9 Å². The zero-order chi connectivity index (χ0) is 26.2. The average molecular weight is 497 g/mol. The van der Waals surface area contributed by atoms with E-state index in [1.807, 2.05) is 75.5 Å². The number of ether oxygens (including phenoxy) is 2. The molecule has 5 rings (SSSR count). The summed E-state index contributed by atoms with van der Waals surface area (Å²) in [5.41, 5.74) is 4.66. The van der Waals surface area contributed by atoms with Crippen molar-refractivity contribution in [3.8, 4) is 11.1 Å². The summed E-state index contributed by atoms with van der Waals surface area (Å²) >= 11 is 0. The number of hydrogen-bond donors (Lipinski definition) is 0. The highest BCUT2D eigenvalue weighted by atomic mass is 16.6. The van der Waals surface area contributed by atoms with Gasteiger partial charge in [-0.25, -0.2) is 14.2 Å². The molecule has 2 aromatic carbocycles. The molecule has 0 saturated heterocycles. The maximum atomic E-state index is 13.4. The second-order valence-corrected chi connectivity index (χ2v) is 10.7. The number of benzene rings is 2. The minimum atomic E-state index is -0.679. The third-order valence-corrected chi connectivity index (χ3v) is 6.84. The summed E-state index contributed by atoms with van der Waals surface area (Å²) in [4.78, 5) is 31.3. The topological polar surface area (TPSA) is 70.4 Å². The van der Waals surface area contributed by atoms with Gasteiger partial charge in [-0.3, -0.25) is 4.98 Å². The van der Waals surface area contributed by atoms with Gasteiger partial charge in [0, 0.05) is 34.5 Å². The number of aromatic nitrogens is 2. The van der Waals surface area contributed by atoms with Gasteiger partial charge in [0.05, 0.1) is 11.1 Å². The zero-order valence-corrected chi connectivity index (χ0v) is 21.8. The molecule has 0 bridgehead atoms. The lowest BCUT2D eigenvalue weighted by Gasteiger charge is -2.24. The Morgan fingerprint density at radius 3 is 2.35 bits per heavy atom. The molecule has 1 fully saturated rings. The van der Waals surface area contributed by atoms with Crippen LogP contribution in [0.2, 0.25) is 0 Å². The van der Waals surface area contributed by atoms with Gasteiger partial charge in [-0.2, -0.15) is 0 Å². The molecule has 6 nitrogen and oxygen atoms in total. The lowest BCUT2D eigenvalue weighted by Crippen LogP contribution is -2.27. The van der Waals surface area contributed by atoms with Crippen LogP contribution < -0.4 is 0 Å². The van der Waals surface area contributed by atoms with E-state index in [1.54, 1.807) is 6.92 Å². The molecule has 37 heavy (non-hydrogen) atoms. The Morgan fingerprint density at radius 2 is 1.73 bits per heavy atom. The summed E-state index contributed by atoms with van der Waals surface area (Å²) in [6.07, 6.45) is 5.02. The summed E-state index contributed by atoms with van der Waals surface area (Å²) in [5.74, 6) is 0.0808. The molecule has 2 heterocycles. The number of carbonyl (C=O) groups excluding carboxylic acids is 2. The van der Waals surface area contributed by atoms with E-state index in [2.05, 4.69) is 12.1 Å². The van der Waals surface area contributed by atoms with E-state index in [-0.39, 0.29) is 6.61 Å². The molecule has 0 aliphatic heterocycles. The van der Waals surface area contributed by atoms with E-state index in [0.29, 0.717) is 28.1 Å². The second-order valence-electron chi connectivity index (χ2n) is 10.7. The van der Waals surface area contributed by atoms with Crippen LogP contribution in [-0.4, -0.2) is 27.2 Å². The lowest BCUT2D eigenvalue weighted by atomic mass is 9.82. The molecule has 0 unspecified atom stereocenters. The first-order valence-corrected chi connectivity index (χ1v) is 12.8. The quantitative estimate of drug-likeness (QED) is 0.269. The first kappa shape index (κ1) is 24.8. The SMILES string of the molecule is Cc1c(C(=O)OCc2ccccc2)c2cc(-c3ccc(C4CCC4)nc3)ccc2n1C(=O)OC(C)(C)C. The van der Waals surface area contributed by atoms with E-state index < -0.39 is 17.7 Å². The molecular formula is C31H32N2O4. The fourth-order valence-corrected chi connectivity index (χ4v) is 4.72. The summed E-state index contributed by atoms with van der Waals surface area (Å²) in [5, 5.41) is 0.641. The Morgan fingerprint density at radius 1 is 1.00 bits per heavy atom. The Balaban J connectivity index is 1.55. The Bertz CT molecular complexity index is 1440. The maximum absolute atomic E-state index is 13.4. The highest BCUT2D eigenvalue weighted by Gasteiger charge is 2.28. The van der Waals surface area contributed by atoms with Gasteiger partial charge in [0.25, 0.3) is 0 Å². The third kappa shape index (κ3) is 5.15. The van der Waals surface area contributed by atoms with Gasteiger partial charge in [0.2, 0.25) is 0 Å². The van der Waals surface area contributed by atoms with Crippen molar-refractivity contribution in [1.82, 2.24) is 9.55 Å². The van der Waals surface area contributed by atoms with Gasteiger partial charge in [0.1, 0.15) is 12.2 Å². The van der Waals surface area contributed by atoms with Crippen molar-refractivity contribution in [2.75, 3.05) is 0 Å². The highest BCUT2D eigenvalue weighted by Crippen LogP contribution is 2.36. The predicted molar refractivity (Wildman–Crippen MR) is 144 cm³/mol. The molecular weight excluding hydrogens is 464 g/mol. The molecule has 1 saturated carbocycles. The van der Waals surface area contributed by atoms with Crippen LogP contribution in [0.15, 0.2) is 66.9 Å². The summed E-state index contributed by atoms with van der Waals surface area (Å²) < 4.78 is 12.8. The van der Waals surface area contributed by atoms with Crippen molar-refractivity contribution in [3.05, 3.63) is 89.4 Å². The summed E-state index contributed by atoms with van der Waals surface area (Å²) in [7, 11) is 0. The number of esters is 1. The number of hydrogen-bond acceptors (Lipinski definition) is 5. The second kappa shape index (κ2) is 9.85. The molecule has 0 atom stereocenters. The van der Waals surface area contributed by atoms with Crippen molar-refractivity contribution in [1.29, 1.82) is 0 Å². The zero-order valence-electron chi connectivity index (χ0n) is 21.8. The van der Waals surface area contributed by atoms with Crippen molar-refractivity contribution < 1.29 is 19.1 Å². The van der Waals surface area contributed by atoms with E-state index in [4.69, 9.17) is 14.5 Å². The number of carbonyl (C=O) groups is 2. The summed E-state index contributed by atoms with van der Waals surface area (Å²) in [6, 6.07) is 19.4. The standard InChI is InChI=1S/C31H32N2O4/c1-20-28(29(34)36-19-21-9-6-5-7-10-21)25-17-23(24-13-15-26(32-18-24)22-11-8-12-22)14-16-27(25)33(20)30(35)37-31(2,3)4/h5-7,9-10,13-18,22H,8,11-12,19H2,1-4H3.